The monoisotopic (exact) mass is 460 g/mol. The molecule has 0 spiro atoms. The van der Waals surface area contributed by atoms with Crippen molar-refractivity contribution in [2.75, 3.05) is 0 Å². The highest BCUT2D eigenvalue weighted by atomic mass is 28.3. The molecule has 0 saturated heterocycles. The van der Waals surface area contributed by atoms with Gasteiger partial charge in [-0.05, 0) is 36.2 Å². The van der Waals surface area contributed by atoms with Gasteiger partial charge in [0, 0.05) is 23.8 Å². The number of allylic oxidation sites excluding steroid dienone is 4. The van der Waals surface area contributed by atoms with Crippen LogP contribution in [0.15, 0.2) is 61.0 Å². The number of hydrogen-bond acceptors (Lipinski definition) is 4. The average Bonchev–Trinajstić information content (AvgIpc) is 3.20. The van der Waals surface area contributed by atoms with Crippen molar-refractivity contribution in [1.29, 1.82) is 5.26 Å². The van der Waals surface area contributed by atoms with Crippen LogP contribution >= 0.6 is 0 Å². The van der Waals surface area contributed by atoms with Gasteiger partial charge in [0.25, 0.3) is 0 Å². The summed E-state index contributed by atoms with van der Waals surface area (Å²) in [5.74, 6) is 0.591. The maximum absolute atomic E-state index is 15.2. The summed E-state index contributed by atoms with van der Waals surface area (Å²) in [6, 6.07) is 11.4. The maximum atomic E-state index is 15.2. The van der Waals surface area contributed by atoms with Crippen molar-refractivity contribution in [1.82, 2.24) is 14.4 Å². The van der Waals surface area contributed by atoms with Crippen LogP contribution in [0.4, 0.5) is 4.39 Å². The third-order valence-electron chi connectivity index (χ3n) is 5.74. The zero-order valence-electron chi connectivity index (χ0n) is 19.7. The highest BCUT2D eigenvalue weighted by Gasteiger charge is 2.35. The van der Waals surface area contributed by atoms with Crippen molar-refractivity contribution in [3.05, 3.63) is 72.2 Å². The molecule has 2 atom stereocenters. The first-order valence-corrected chi connectivity index (χ1v) is 14.0. The first kappa shape index (κ1) is 23.1. The smallest absolute Gasteiger partial charge is 0.234 e. The molecule has 1 aromatic carbocycles. The maximum Gasteiger partial charge on any atom is 0.234 e. The summed E-state index contributed by atoms with van der Waals surface area (Å²) in [4.78, 5) is 9.36. The zero-order chi connectivity index (χ0) is 23.8. The Kier molecular flexibility index (Phi) is 6.08. The molecule has 0 fully saturated rings. The molecule has 1 aliphatic rings. The van der Waals surface area contributed by atoms with Crippen LogP contribution in [-0.2, 0) is 4.43 Å². The molecule has 7 heteroatoms. The van der Waals surface area contributed by atoms with Crippen LogP contribution in [0.1, 0.15) is 44.6 Å². The number of nitrogens with zero attached hydrogens (tertiary/aromatic N) is 4. The third kappa shape index (κ3) is 4.54. The summed E-state index contributed by atoms with van der Waals surface area (Å²) in [5, 5.41) is 9.43. The van der Waals surface area contributed by atoms with Crippen molar-refractivity contribution >= 4 is 20.4 Å². The van der Waals surface area contributed by atoms with E-state index in [0.29, 0.717) is 16.9 Å². The lowest BCUT2D eigenvalue weighted by atomic mass is 9.84. The molecule has 170 valence electrons. The van der Waals surface area contributed by atoms with Crippen molar-refractivity contribution in [3.63, 3.8) is 0 Å². The number of imidazole rings is 1. The Morgan fingerprint density at radius 1 is 1.24 bits per heavy atom. The average molecular weight is 461 g/mol. The molecule has 0 saturated carbocycles. The van der Waals surface area contributed by atoms with E-state index < -0.39 is 14.7 Å². The minimum atomic E-state index is -2.02. The highest BCUT2D eigenvalue weighted by Crippen LogP contribution is 2.38. The second-order valence-corrected chi connectivity index (χ2v) is 12.2. The molecule has 2 unspecified atom stereocenters. The quantitative estimate of drug-likeness (QED) is 0.434. The number of hydrogen-bond donors (Lipinski definition) is 0. The second-order valence-electron chi connectivity index (χ2n) is 9.80. The number of benzene rings is 1. The summed E-state index contributed by atoms with van der Waals surface area (Å²) in [5.41, 5.74) is 1.56. The van der Waals surface area contributed by atoms with Crippen LogP contribution in [0.25, 0.3) is 22.6 Å². The van der Waals surface area contributed by atoms with Crippen molar-refractivity contribution in [2.24, 2.45) is 5.41 Å². The van der Waals surface area contributed by atoms with Gasteiger partial charge in [-0.2, -0.15) is 5.26 Å². The van der Waals surface area contributed by atoms with E-state index in [-0.39, 0.29) is 17.9 Å². The minimum absolute atomic E-state index is 0.0537. The number of alkyl halides is 1. The fourth-order valence-corrected chi connectivity index (χ4v) is 5.24. The first-order valence-electron chi connectivity index (χ1n) is 11.2. The summed E-state index contributed by atoms with van der Waals surface area (Å²) in [7, 11) is -1.27. The van der Waals surface area contributed by atoms with Crippen LogP contribution in [0, 0.1) is 16.7 Å². The number of rotatable bonds is 5. The lowest BCUT2D eigenvalue weighted by Gasteiger charge is -2.32. The van der Waals surface area contributed by atoms with Gasteiger partial charge in [-0.3, -0.25) is 4.40 Å². The van der Waals surface area contributed by atoms with Crippen LogP contribution < -0.4 is 0 Å². The minimum Gasteiger partial charge on any atom is -0.412 e. The summed E-state index contributed by atoms with van der Waals surface area (Å²) < 4.78 is 23.4. The van der Waals surface area contributed by atoms with Gasteiger partial charge in [-0.15, -0.1) is 0 Å². The van der Waals surface area contributed by atoms with E-state index in [4.69, 9.17) is 9.41 Å². The topological polar surface area (TPSA) is 63.2 Å². The Hall–Kier alpha value is -3.08. The van der Waals surface area contributed by atoms with E-state index in [0.717, 1.165) is 17.0 Å². The van der Waals surface area contributed by atoms with Crippen molar-refractivity contribution in [2.45, 2.75) is 52.1 Å². The lowest BCUT2D eigenvalue weighted by molar-refractivity contribution is 0.0828. The normalized spacial score (nSPS) is 19.5. The van der Waals surface area contributed by atoms with Crippen LogP contribution in [0.2, 0.25) is 13.1 Å². The molecule has 33 heavy (non-hydrogen) atoms. The SMILES string of the molecule is C[SiH](C)OC(c1ccn2c(-c3cccc(C4=CC=CCC4(F)C#N)c3)cnc2n1)C(C)(C)C. The van der Waals surface area contributed by atoms with Gasteiger partial charge in [0.2, 0.25) is 11.4 Å². The molecule has 4 rings (SSSR count). The molecule has 5 nitrogen and oxygen atoms in total. The number of fused-ring (bicyclic) bond motifs is 1. The predicted octanol–water partition coefficient (Wildman–Crippen LogP) is 6.06. The Morgan fingerprint density at radius 2 is 2.00 bits per heavy atom. The molecule has 2 aromatic heterocycles. The summed E-state index contributed by atoms with van der Waals surface area (Å²) in [6.45, 7) is 10.8. The highest BCUT2D eigenvalue weighted by molar-refractivity contribution is 6.48. The van der Waals surface area contributed by atoms with Gasteiger partial charge >= 0.3 is 0 Å². The Bertz CT molecular complexity index is 1280. The van der Waals surface area contributed by atoms with Crippen molar-refractivity contribution in [3.8, 4) is 17.3 Å². The van der Waals surface area contributed by atoms with E-state index in [1.807, 2.05) is 47.0 Å². The van der Waals surface area contributed by atoms with Crippen LogP contribution in [-0.4, -0.2) is 29.1 Å². The molecule has 0 radical (unpaired) electrons. The standard InChI is InChI=1S/C26H29FN4OSi/c1-25(2,3)23(32-33(4)5)21-12-14-31-22(16-29-24(31)30-21)19-10-8-9-18(15-19)20-11-6-7-13-26(20,27)17-28/h6-12,14-16,23,33H,13H2,1-5H3. The van der Waals surface area contributed by atoms with Crippen molar-refractivity contribution < 1.29 is 8.82 Å². The Morgan fingerprint density at radius 3 is 2.70 bits per heavy atom. The molecular formula is C26H29FN4OSi. The van der Waals surface area contributed by atoms with E-state index in [1.165, 1.54) is 0 Å². The van der Waals surface area contributed by atoms with Crippen LogP contribution in [0.3, 0.4) is 0 Å². The van der Waals surface area contributed by atoms with E-state index in [2.05, 4.69) is 38.8 Å². The molecule has 3 aromatic rings. The molecule has 0 N–H and O–H groups in total. The lowest BCUT2D eigenvalue weighted by Crippen LogP contribution is -2.26. The molecule has 2 heterocycles. The molecule has 0 amide bonds. The predicted molar refractivity (Wildman–Crippen MR) is 132 cm³/mol. The largest absolute Gasteiger partial charge is 0.412 e. The molecule has 0 bridgehead atoms. The summed E-state index contributed by atoms with van der Waals surface area (Å²) in [6.07, 6.45) is 8.85. The Labute approximate surface area is 196 Å². The van der Waals surface area contributed by atoms with Gasteiger partial charge in [-0.1, -0.05) is 57.2 Å². The van der Waals surface area contributed by atoms with Crippen LogP contribution in [0.5, 0.6) is 0 Å². The molecular weight excluding hydrogens is 431 g/mol. The van der Waals surface area contributed by atoms with Gasteiger partial charge < -0.3 is 4.43 Å². The molecule has 1 aliphatic carbocycles. The number of aromatic nitrogens is 3. The van der Waals surface area contributed by atoms with Gasteiger partial charge in [0.1, 0.15) is 6.07 Å². The summed E-state index contributed by atoms with van der Waals surface area (Å²) >= 11 is 0. The van der Waals surface area contributed by atoms with E-state index in [9.17, 15) is 5.26 Å². The fraction of sp³-hybridized carbons (Fsp3) is 0.346. The first-order chi connectivity index (χ1) is 15.6. The zero-order valence-corrected chi connectivity index (χ0v) is 20.9. The molecule has 0 aliphatic heterocycles. The third-order valence-corrected chi connectivity index (χ3v) is 6.55. The Balaban J connectivity index is 1.74. The second kappa shape index (κ2) is 8.69. The van der Waals surface area contributed by atoms with E-state index in [1.54, 1.807) is 24.4 Å². The number of halogens is 1. The van der Waals surface area contributed by atoms with Gasteiger partial charge in [-0.25, -0.2) is 14.4 Å². The van der Waals surface area contributed by atoms with Gasteiger partial charge in [0.15, 0.2) is 9.04 Å². The van der Waals surface area contributed by atoms with E-state index >= 15 is 4.39 Å². The van der Waals surface area contributed by atoms with Gasteiger partial charge in [0.05, 0.1) is 23.7 Å². The fourth-order valence-electron chi connectivity index (χ4n) is 4.15. The number of nitriles is 1.